The minimum Gasteiger partial charge on any atom is -0.294 e. The van der Waals surface area contributed by atoms with Crippen molar-refractivity contribution in [2.75, 3.05) is 11.4 Å². The van der Waals surface area contributed by atoms with E-state index in [-0.39, 0.29) is 16.3 Å². The van der Waals surface area contributed by atoms with Crippen LogP contribution in [0.3, 0.4) is 0 Å². The zero-order valence-electron chi connectivity index (χ0n) is 9.09. The second-order valence-electron chi connectivity index (χ2n) is 3.65. The van der Waals surface area contributed by atoms with Gasteiger partial charge in [0.25, 0.3) is 0 Å². The number of carbonyl (C=O) groups excluding carboxylic acids is 2. The number of amides is 1. The molecule has 7 heteroatoms. The van der Waals surface area contributed by atoms with Crippen molar-refractivity contribution < 1.29 is 9.59 Å². The Morgan fingerprint density at radius 3 is 2.88 bits per heavy atom. The first kappa shape index (κ1) is 12.5. The summed E-state index contributed by atoms with van der Waals surface area (Å²) in [6.45, 7) is 2.02. The van der Waals surface area contributed by atoms with Crippen LogP contribution in [0.25, 0.3) is 0 Å². The van der Waals surface area contributed by atoms with Crippen LogP contribution in [-0.2, 0) is 9.59 Å². The van der Waals surface area contributed by atoms with Crippen molar-refractivity contribution in [3.8, 4) is 0 Å². The first-order valence-electron chi connectivity index (χ1n) is 5.03. The van der Waals surface area contributed by atoms with E-state index in [1.807, 2.05) is 0 Å². The Bertz CT molecular complexity index is 451. The summed E-state index contributed by atoms with van der Waals surface area (Å²) in [7, 11) is 0. The minimum absolute atomic E-state index is 0.0135. The third kappa shape index (κ3) is 3.04. The number of rotatable bonds is 2. The SMILES string of the molecule is CC(=O)SC1CC(=O)N(c2ccc(Br)nn2)C1. The molecule has 1 aromatic rings. The average Bonchev–Trinajstić information content (AvgIpc) is 2.59. The van der Waals surface area contributed by atoms with Crippen LogP contribution >= 0.6 is 27.7 Å². The molecule has 0 N–H and O–H groups in total. The van der Waals surface area contributed by atoms with E-state index in [1.165, 1.54) is 18.7 Å². The Balaban J connectivity index is 2.10. The van der Waals surface area contributed by atoms with Crippen LogP contribution in [-0.4, -0.2) is 33.0 Å². The maximum absolute atomic E-state index is 11.8. The maximum Gasteiger partial charge on any atom is 0.229 e. The minimum atomic E-state index is -0.0135. The molecule has 2 rings (SSSR count). The normalized spacial score (nSPS) is 19.8. The third-order valence-corrected chi connectivity index (χ3v) is 3.72. The predicted molar refractivity (Wildman–Crippen MR) is 68.8 cm³/mol. The first-order chi connectivity index (χ1) is 8.06. The number of anilines is 1. The predicted octanol–water partition coefficient (Wildman–Crippen LogP) is 1.62. The summed E-state index contributed by atoms with van der Waals surface area (Å²) in [6, 6.07) is 3.47. The largest absolute Gasteiger partial charge is 0.294 e. The quantitative estimate of drug-likeness (QED) is 0.830. The molecule has 2 heterocycles. The summed E-state index contributed by atoms with van der Waals surface area (Å²) < 4.78 is 0.627. The van der Waals surface area contributed by atoms with Crippen molar-refractivity contribution in [1.29, 1.82) is 0 Å². The van der Waals surface area contributed by atoms with E-state index in [9.17, 15) is 9.59 Å². The molecule has 0 radical (unpaired) electrons. The van der Waals surface area contributed by atoms with Crippen LogP contribution in [0.4, 0.5) is 5.82 Å². The molecule has 90 valence electrons. The van der Waals surface area contributed by atoms with Gasteiger partial charge in [0.1, 0.15) is 4.60 Å². The number of aromatic nitrogens is 2. The highest BCUT2D eigenvalue weighted by Gasteiger charge is 2.32. The highest BCUT2D eigenvalue weighted by molar-refractivity contribution is 9.10. The number of nitrogens with zero attached hydrogens (tertiary/aromatic N) is 3. The molecule has 0 aromatic carbocycles. The lowest BCUT2D eigenvalue weighted by molar-refractivity contribution is -0.117. The van der Waals surface area contributed by atoms with Crippen molar-refractivity contribution in [3.05, 3.63) is 16.7 Å². The lowest BCUT2D eigenvalue weighted by atomic mass is 10.4. The van der Waals surface area contributed by atoms with Crippen LogP contribution in [0.5, 0.6) is 0 Å². The Kier molecular flexibility index (Phi) is 3.78. The molecule has 1 saturated heterocycles. The van der Waals surface area contributed by atoms with E-state index in [2.05, 4.69) is 26.1 Å². The lowest BCUT2D eigenvalue weighted by Gasteiger charge is -2.14. The van der Waals surface area contributed by atoms with Crippen molar-refractivity contribution >= 4 is 44.5 Å². The van der Waals surface area contributed by atoms with E-state index in [1.54, 1.807) is 17.0 Å². The third-order valence-electron chi connectivity index (χ3n) is 2.32. The summed E-state index contributed by atoms with van der Waals surface area (Å²) in [5.74, 6) is 0.519. The van der Waals surface area contributed by atoms with E-state index in [0.717, 1.165) is 0 Å². The Labute approximate surface area is 111 Å². The van der Waals surface area contributed by atoms with Crippen molar-refractivity contribution in [2.24, 2.45) is 0 Å². The molecule has 17 heavy (non-hydrogen) atoms. The van der Waals surface area contributed by atoms with Crippen LogP contribution in [0, 0.1) is 0 Å². The van der Waals surface area contributed by atoms with Crippen LogP contribution in [0.15, 0.2) is 16.7 Å². The highest BCUT2D eigenvalue weighted by atomic mass is 79.9. The van der Waals surface area contributed by atoms with E-state index < -0.39 is 0 Å². The topological polar surface area (TPSA) is 63.2 Å². The van der Waals surface area contributed by atoms with E-state index >= 15 is 0 Å². The van der Waals surface area contributed by atoms with Gasteiger partial charge in [0.2, 0.25) is 5.91 Å². The second-order valence-corrected chi connectivity index (χ2v) is 5.94. The summed E-state index contributed by atoms with van der Waals surface area (Å²) >= 11 is 4.40. The lowest BCUT2D eigenvalue weighted by Crippen LogP contribution is -2.26. The highest BCUT2D eigenvalue weighted by Crippen LogP contribution is 2.27. The van der Waals surface area contributed by atoms with Gasteiger partial charge in [-0.25, -0.2) is 0 Å². The Hall–Kier alpha value is -0.950. The standard InChI is InChI=1S/C10H10BrN3O2S/c1-6(15)17-7-4-10(16)14(5-7)9-3-2-8(11)12-13-9/h2-3,7H,4-5H2,1H3. The van der Waals surface area contributed by atoms with Gasteiger partial charge in [0.05, 0.1) is 0 Å². The number of thioether (sulfide) groups is 1. The maximum atomic E-state index is 11.8. The monoisotopic (exact) mass is 315 g/mol. The molecule has 1 aliphatic rings. The molecular weight excluding hydrogens is 306 g/mol. The Morgan fingerprint density at radius 2 is 2.29 bits per heavy atom. The van der Waals surface area contributed by atoms with Gasteiger partial charge in [0.15, 0.2) is 10.9 Å². The molecule has 1 unspecified atom stereocenters. The summed E-state index contributed by atoms with van der Waals surface area (Å²) in [5, 5.41) is 7.83. The van der Waals surface area contributed by atoms with Gasteiger partial charge < -0.3 is 0 Å². The summed E-state index contributed by atoms with van der Waals surface area (Å²) in [5.41, 5.74) is 0. The van der Waals surface area contributed by atoms with E-state index in [0.29, 0.717) is 23.4 Å². The van der Waals surface area contributed by atoms with Gasteiger partial charge >= 0.3 is 0 Å². The first-order valence-corrected chi connectivity index (χ1v) is 6.70. The fourth-order valence-electron chi connectivity index (χ4n) is 1.66. The van der Waals surface area contributed by atoms with Gasteiger partial charge in [-0.1, -0.05) is 11.8 Å². The summed E-state index contributed by atoms with van der Waals surface area (Å²) in [6.07, 6.45) is 0.377. The molecule has 0 bridgehead atoms. The number of hydrogen-bond acceptors (Lipinski definition) is 5. The van der Waals surface area contributed by atoms with Gasteiger partial charge in [-0.15, -0.1) is 10.2 Å². The van der Waals surface area contributed by atoms with Crippen LogP contribution in [0.1, 0.15) is 13.3 Å². The second kappa shape index (κ2) is 5.14. The fraction of sp³-hybridized carbons (Fsp3) is 0.400. The van der Waals surface area contributed by atoms with Crippen molar-refractivity contribution in [1.82, 2.24) is 10.2 Å². The van der Waals surface area contributed by atoms with Gasteiger partial charge in [-0.2, -0.15) is 0 Å². The van der Waals surface area contributed by atoms with E-state index in [4.69, 9.17) is 0 Å². The molecule has 1 atom stereocenters. The van der Waals surface area contributed by atoms with Gasteiger partial charge in [-0.05, 0) is 28.1 Å². The molecular formula is C10H10BrN3O2S. The smallest absolute Gasteiger partial charge is 0.229 e. The number of halogens is 1. The molecule has 0 saturated carbocycles. The van der Waals surface area contributed by atoms with Gasteiger partial charge in [0, 0.05) is 25.1 Å². The number of hydrogen-bond donors (Lipinski definition) is 0. The number of carbonyl (C=O) groups is 2. The molecule has 1 aliphatic heterocycles. The molecule has 1 aromatic heterocycles. The Morgan fingerprint density at radius 1 is 1.53 bits per heavy atom. The van der Waals surface area contributed by atoms with Crippen molar-refractivity contribution in [3.63, 3.8) is 0 Å². The van der Waals surface area contributed by atoms with Gasteiger partial charge in [-0.3, -0.25) is 14.5 Å². The summed E-state index contributed by atoms with van der Waals surface area (Å²) in [4.78, 5) is 24.3. The molecule has 1 fully saturated rings. The fourth-order valence-corrected chi connectivity index (χ4v) is 2.79. The molecule has 0 aliphatic carbocycles. The zero-order chi connectivity index (χ0) is 12.4. The zero-order valence-corrected chi connectivity index (χ0v) is 11.5. The van der Waals surface area contributed by atoms with Crippen LogP contribution < -0.4 is 4.90 Å². The molecule has 1 amide bonds. The van der Waals surface area contributed by atoms with Crippen LogP contribution in [0.2, 0.25) is 0 Å². The molecule has 5 nitrogen and oxygen atoms in total. The van der Waals surface area contributed by atoms with Crippen molar-refractivity contribution in [2.45, 2.75) is 18.6 Å². The average molecular weight is 316 g/mol. The molecule has 0 spiro atoms.